The molecule has 0 saturated heterocycles. The van der Waals surface area contributed by atoms with Crippen LogP contribution in [0.2, 0.25) is 0 Å². The van der Waals surface area contributed by atoms with Gasteiger partial charge in [0.1, 0.15) is 0 Å². The molecule has 0 unspecified atom stereocenters. The Hall–Kier alpha value is -0.730. The summed E-state index contributed by atoms with van der Waals surface area (Å²) in [5, 5.41) is 8.81. The lowest BCUT2D eigenvalue weighted by Gasteiger charge is -2.11. The van der Waals surface area contributed by atoms with E-state index < -0.39 is 0 Å². The predicted molar refractivity (Wildman–Crippen MR) is 78.2 cm³/mol. The van der Waals surface area contributed by atoms with E-state index in [2.05, 4.69) is 44.4 Å². The van der Waals surface area contributed by atoms with Crippen molar-refractivity contribution in [3.05, 3.63) is 41.0 Å². The molecule has 0 saturated carbocycles. The molecule has 0 fully saturated rings. The number of benzene rings is 1. The van der Waals surface area contributed by atoms with Gasteiger partial charge in [0.15, 0.2) is 0 Å². The van der Waals surface area contributed by atoms with Gasteiger partial charge in [-0.25, -0.2) is 0 Å². The van der Waals surface area contributed by atoms with Crippen molar-refractivity contribution in [1.82, 2.24) is 0 Å². The highest BCUT2D eigenvalue weighted by Gasteiger charge is 2.05. The Kier molecular flexibility index (Phi) is 6.38. The first-order chi connectivity index (χ1) is 8.19. The van der Waals surface area contributed by atoms with Gasteiger partial charge in [-0.3, -0.25) is 0 Å². The molecule has 2 heteroatoms. The number of aliphatic hydroxyl groups excluding tert-OH is 1. The minimum atomic E-state index is 0.298. The van der Waals surface area contributed by atoms with Crippen LogP contribution in [0.1, 0.15) is 37.3 Å². The summed E-state index contributed by atoms with van der Waals surface area (Å²) < 4.78 is 0. The molecule has 1 rings (SSSR count). The molecule has 0 aromatic heterocycles. The van der Waals surface area contributed by atoms with Gasteiger partial charge in [-0.15, -0.1) is 11.8 Å². The van der Waals surface area contributed by atoms with Crippen LogP contribution >= 0.6 is 11.8 Å². The molecule has 0 amide bonds. The van der Waals surface area contributed by atoms with E-state index in [1.807, 2.05) is 11.8 Å². The highest BCUT2D eigenvalue weighted by Crippen LogP contribution is 2.31. The lowest BCUT2D eigenvalue weighted by molar-refractivity contribution is 0.284. The number of hydrogen-bond donors (Lipinski definition) is 1. The Bertz CT molecular complexity index is 382. The molecule has 17 heavy (non-hydrogen) atoms. The maximum Gasteiger partial charge on any atom is 0.0431 e. The van der Waals surface area contributed by atoms with E-state index in [0.717, 1.165) is 19.3 Å². The van der Waals surface area contributed by atoms with Crippen molar-refractivity contribution in [3.8, 4) is 0 Å². The number of aliphatic hydroxyl groups is 1. The third-order valence-electron chi connectivity index (χ3n) is 2.83. The minimum absolute atomic E-state index is 0.298. The number of aryl methyl sites for hydroxylation is 1. The van der Waals surface area contributed by atoms with Crippen molar-refractivity contribution in [3.63, 3.8) is 0 Å². The SMILES string of the molecule is CS/C(=C(\C)CCCCO)c1cccc(C)c1. The van der Waals surface area contributed by atoms with Crippen LogP contribution in [-0.2, 0) is 0 Å². The maximum atomic E-state index is 8.81. The second-order valence-electron chi connectivity index (χ2n) is 4.36. The van der Waals surface area contributed by atoms with Crippen LogP contribution in [0.25, 0.3) is 4.91 Å². The average molecular weight is 250 g/mol. The van der Waals surface area contributed by atoms with E-state index >= 15 is 0 Å². The summed E-state index contributed by atoms with van der Waals surface area (Å²) >= 11 is 1.81. The van der Waals surface area contributed by atoms with E-state index in [0.29, 0.717) is 6.61 Å². The normalized spacial score (nSPS) is 12.5. The van der Waals surface area contributed by atoms with Gasteiger partial charge in [0.25, 0.3) is 0 Å². The Labute approximate surface area is 109 Å². The van der Waals surface area contributed by atoms with E-state index in [1.54, 1.807) is 0 Å². The fourth-order valence-electron chi connectivity index (χ4n) is 1.94. The van der Waals surface area contributed by atoms with Crippen molar-refractivity contribution in [2.75, 3.05) is 12.9 Å². The van der Waals surface area contributed by atoms with Gasteiger partial charge in [-0.1, -0.05) is 35.4 Å². The van der Waals surface area contributed by atoms with Crippen molar-refractivity contribution < 1.29 is 5.11 Å². The number of thioether (sulfide) groups is 1. The second-order valence-corrected chi connectivity index (χ2v) is 5.18. The fourth-order valence-corrected chi connectivity index (χ4v) is 2.75. The number of unbranched alkanes of at least 4 members (excludes halogenated alkanes) is 1. The Balaban J connectivity index is 2.85. The predicted octanol–water partition coefficient (Wildman–Crippen LogP) is 4.25. The smallest absolute Gasteiger partial charge is 0.0431 e. The minimum Gasteiger partial charge on any atom is -0.396 e. The highest BCUT2D eigenvalue weighted by molar-refractivity contribution is 8.07. The van der Waals surface area contributed by atoms with Crippen molar-refractivity contribution in [2.45, 2.75) is 33.1 Å². The summed E-state index contributed by atoms with van der Waals surface area (Å²) in [5.41, 5.74) is 4.05. The van der Waals surface area contributed by atoms with Gasteiger partial charge in [-0.2, -0.15) is 0 Å². The zero-order chi connectivity index (χ0) is 12.7. The van der Waals surface area contributed by atoms with Crippen LogP contribution in [0.5, 0.6) is 0 Å². The highest BCUT2D eigenvalue weighted by atomic mass is 32.2. The molecule has 0 heterocycles. The molecule has 0 radical (unpaired) electrons. The molecule has 94 valence electrons. The average Bonchev–Trinajstić information content (AvgIpc) is 2.30. The molecular formula is C15H22OS. The summed E-state index contributed by atoms with van der Waals surface area (Å²) in [4.78, 5) is 1.38. The van der Waals surface area contributed by atoms with Crippen LogP contribution in [0.3, 0.4) is 0 Å². The van der Waals surface area contributed by atoms with Gasteiger partial charge in [0.2, 0.25) is 0 Å². The van der Waals surface area contributed by atoms with Crippen molar-refractivity contribution in [2.24, 2.45) is 0 Å². The number of allylic oxidation sites excluding steroid dienone is 1. The first-order valence-corrected chi connectivity index (χ1v) is 7.33. The molecular weight excluding hydrogens is 228 g/mol. The molecule has 0 aliphatic rings. The molecule has 1 N–H and O–H groups in total. The first-order valence-electron chi connectivity index (χ1n) is 6.10. The van der Waals surface area contributed by atoms with Crippen LogP contribution in [0, 0.1) is 6.92 Å². The zero-order valence-corrected chi connectivity index (χ0v) is 11.8. The summed E-state index contributed by atoms with van der Waals surface area (Å²) in [6.45, 7) is 4.63. The third-order valence-corrected chi connectivity index (χ3v) is 3.82. The lowest BCUT2D eigenvalue weighted by Crippen LogP contribution is -1.89. The largest absolute Gasteiger partial charge is 0.396 e. The Morgan fingerprint density at radius 1 is 1.29 bits per heavy atom. The van der Waals surface area contributed by atoms with E-state index in [-0.39, 0.29) is 0 Å². The molecule has 0 aliphatic heterocycles. The molecule has 0 bridgehead atoms. The molecule has 1 nitrogen and oxygen atoms in total. The van der Waals surface area contributed by atoms with Gasteiger partial charge in [0, 0.05) is 11.5 Å². The van der Waals surface area contributed by atoms with Crippen molar-refractivity contribution >= 4 is 16.7 Å². The van der Waals surface area contributed by atoms with Gasteiger partial charge < -0.3 is 5.11 Å². The van der Waals surface area contributed by atoms with E-state index in [1.165, 1.54) is 21.6 Å². The lowest BCUT2D eigenvalue weighted by atomic mass is 10.0. The van der Waals surface area contributed by atoms with E-state index in [9.17, 15) is 0 Å². The summed E-state index contributed by atoms with van der Waals surface area (Å²) in [5.74, 6) is 0. The Morgan fingerprint density at radius 3 is 2.65 bits per heavy atom. The quantitative estimate of drug-likeness (QED) is 0.762. The molecule has 0 spiro atoms. The monoisotopic (exact) mass is 250 g/mol. The summed E-state index contributed by atoms with van der Waals surface area (Å²) in [6, 6.07) is 8.65. The first kappa shape index (κ1) is 14.3. The van der Waals surface area contributed by atoms with Crippen molar-refractivity contribution in [1.29, 1.82) is 0 Å². The number of rotatable bonds is 6. The topological polar surface area (TPSA) is 20.2 Å². The van der Waals surface area contributed by atoms with Crippen LogP contribution in [-0.4, -0.2) is 18.0 Å². The van der Waals surface area contributed by atoms with Gasteiger partial charge >= 0.3 is 0 Å². The third kappa shape index (κ3) is 4.57. The maximum absolute atomic E-state index is 8.81. The summed E-state index contributed by atoms with van der Waals surface area (Å²) in [6.07, 6.45) is 5.17. The van der Waals surface area contributed by atoms with Gasteiger partial charge in [-0.05, 0) is 44.9 Å². The van der Waals surface area contributed by atoms with Crippen LogP contribution in [0.4, 0.5) is 0 Å². The van der Waals surface area contributed by atoms with E-state index in [4.69, 9.17) is 5.11 Å². The second kappa shape index (κ2) is 7.57. The Morgan fingerprint density at radius 2 is 2.06 bits per heavy atom. The van der Waals surface area contributed by atoms with Gasteiger partial charge in [0.05, 0.1) is 0 Å². The molecule has 0 atom stereocenters. The molecule has 1 aromatic carbocycles. The zero-order valence-electron chi connectivity index (χ0n) is 11.0. The standard InChI is InChI=1S/C15H22OS/c1-12-7-6-9-14(11-12)15(17-3)13(2)8-4-5-10-16/h6-7,9,11,16H,4-5,8,10H2,1-3H3/b15-13+. The van der Waals surface area contributed by atoms with Crippen LogP contribution in [0.15, 0.2) is 29.8 Å². The molecule has 1 aromatic rings. The fraction of sp³-hybridized carbons (Fsp3) is 0.467. The number of hydrogen-bond acceptors (Lipinski definition) is 2. The molecule has 0 aliphatic carbocycles. The van der Waals surface area contributed by atoms with Crippen LogP contribution < -0.4 is 0 Å². The summed E-state index contributed by atoms with van der Waals surface area (Å²) in [7, 11) is 0.